The van der Waals surface area contributed by atoms with Crippen LogP contribution in [0.4, 0.5) is 0 Å². The minimum Gasteiger partial charge on any atom is -0.491 e. The molecule has 1 saturated carbocycles. The van der Waals surface area contributed by atoms with E-state index in [2.05, 4.69) is 4.72 Å². The van der Waals surface area contributed by atoms with Gasteiger partial charge >= 0.3 is 0 Å². The Morgan fingerprint density at radius 3 is 2.39 bits per heavy atom. The number of ether oxygens (including phenoxy) is 1. The molecule has 2 rings (SSSR count). The Hall–Kier alpha value is -0.820. The third-order valence-electron chi connectivity index (χ3n) is 4.12. The number of nitrogens with two attached hydrogens (primary N) is 1. The maximum absolute atomic E-state index is 12.6. The highest BCUT2D eigenvalue weighted by atomic mass is 35.5. The fourth-order valence-corrected chi connectivity index (χ4v) is 4.47. The van der Waals surface area contributed by atoms with E-state index < -0.39 is 15.6 Å². The van der Waals surface area contributed by atoms with Gasteiger partial charge in [0.15, 0.2) is 0 Å². The minimum atomic E-state index is -3.57. The first-order valence-corrected chi connectivity index (χ1v) is 9.28. The molecule has 1 aromatic carbocycles. The highest BCUT2D eigenvalue weighted by Crippen LogP contribution is 2.31. The molecule has 0 unspecified atom stereocenters. The predicted octanol–water partition coefficient (Wildman–Crippen LogP) is 2.75. The predicted molar refractivity (Wildman–Crippen MR) is 94.8 cm³/mol. The number of nitrogens with one attached hydrogen (secondary N) is 1. The lowest BCUT2D eigenvalue weighted by atomic mass is 10.0. The number of hydrogen-bond donors (Lipinski definition) is 2. The van der Waals surface area contributed by atoms with Crippen molar-refractivity contribution in [2.75, 3.05) is 6.54 Å². The van der Waals surface area contributed by atoms with E-state index >= 15 is 0 Å². The van der Waals surface area contributed by atoms with Crippen molar-refractivity contribution in [1.82, 2.24) is 4.72 Å². The van der Waals surface area contributed by atoms with Crippen LogP contribution >= 0.6 is 12.4 Å². The van der Waals surface area contributed by atoms with E-state index in [1.165, 1.54) is 0 Å². The zero-order valence-electron chi connectivity index (χ0n) is 14.0. The van der Waals surface area contributed by atoms with Gasteiger partial charge in [0.05, 0.1) is 11.0 Å². The van der Waals surface area contributed by atoms with Crippen LogP contribution in [0.15, 0.2) is 23.1 Å². The van der Waals surface area contributed by atoms with Crippen molar-refractivity contribution in [2.45, 2.75) is 63.0 Å². The molecule has 1 aromatic rings. The Balaban J connectivity index is 0.00000264. The lowest BCUT2D eigenvalue weighted by Crippen LogP contribution is -2.51. The van der Waals surface area contributed by atoms with Crippen LogP contribution in [0.25, 0.3) is 0 Å². The van der Waals surface area contributed by atoms with Gasteiger partial charge in [0.25, 0.3) is 0 Å². The van der Waals surface area contributed by atoms with Crippen molar-refractivity contribution in [3.05, 3.63) is 23.8 Å². The summed E-state index contributed by atoms with van der Waals surface area (Å²) in [7, 11) is -3.57. The van der Waals surface area contributed by atoms with E-state index in [4.69, 9.17) is 10.5 Å². The topological polar surface area (TPSA) is 81.4 Å². The number of halogens is 1. The second-order valence-corrected chi connectivity index (χ2v) is 8.07. The average molecular weight is 363 g/mol. The summed E-state index contributed by atoms with van der Waals surface area (Å²) in [6, 6.07) is 4.96. The molecule has 0 saturated heterocycles. The Morgan fingerprint density at radius 2 is 1.91 bits per heavy atom. The van der Waals surface area contributed by atoms with Crippen molar-refractivity contribution in [2.24, 2.45) is 5.73 Å². The van der Waals surface area contributed by atoms with Crippen LogP contribution in [0.2, 0.25) is 0 Å². The molecule has 1 aliphatic rings. The molecule has 0 bridgehead atoms. The van der Waals surface area contributed by atoms with Gasteiger partial charge in [-0.2, -0.15) is 0 Å². The molecule has 0 atom stereocenters. The average Bonchev–Trinajstić information content (AvgIpc) is 2.89. The van der Waals surface area contributed by atoms with Crippen LogP contribution in [-0.2, 0) is 10.0 Å². The summed E-state index contributed by atoms with van der Waals surface area (Å²) in [5.41, 5.74) is 6.14. The molecule has 0 aromatic heterocycles. The van der Waals surface area contributed by atoms with E-state index in [1.54, 1.807) is 18.2 Å². The van der Waals surface area contributed by atoms with Gasteiger partial charge in [-0.1, -0.05) is 12.8 Å². The van der Waals surface area contributed by atoms with E-state index in [9.17, 15) is 8.42 Å². The van der Waals surface area contributed by atoms with Crippen molar-refractivity contribution < 1.29 is 13.2 Å². The molecule has 23 heavy (non-hydrogen) atoms. The molecule has 1 aliphatic carbocycles. The van der Waals surface area contributed by atoms with Gasteiger partial charge in [0, 0.05) is 12.1 Å². The normalized spacial score (nSPS) is 17.1. The maximum atomic E-state index is 12.6. The summed E-state index contributed by atoms with van der Waals surface area (Å²) in [5.74, 6) is 0.711. The minimum absolute atomic E-state index is 0. The van der Waals surface area contributed by atoms with E-state index in [-0.39, 0.29) is 23.4 Å². The molecule has 7 heteroatoms. The summed E-state index contributed by atoms with van der Waals surface area (Å²) in [6.45, 7) is 6.07. The molecule has 0 aliphatic heterocycles. The number of benzene rings is 1. The number of rotatable bonds is 6. The lowest BCUT2D eigenvalue weighted by Gasteiger charge is -2.28. The number of aryl methyl sites for hydroxylation is 1. The maximum Gasteiger partial charge on any atom is 0.241 e. The van der Waals surface area contributed by atoms with Crippen molar-refractivity contribution >= 4 is 22.4 Å². The highest BCUT2D eigenvalue weighted by Gasteiger charge is 2.36. The van der Waals surface area contributed by atoms with Gasteiger partial charge in [-0.15, -0.1) is 12.4 Å². The van der Waals surface area contributed by atoms with Crippen LogP contribution in [-0.4, -0.2) is 26.6 Å². The lowest BCUT2D eigenvalue weighted by molar-refractivity contribution is 0.240. The molecule has 5 nitrogen and oxygen atoms in total. The second-order valence-electron chi connectivity index (χ2n) is 6.39. The van der Waals surface area contributed by atoms with Gasteiger partial charge in [-0.05, 0) is 57.4 Å². The zero-order valence-corrected chi connectivity index (χ0v) is 15.6. The van der Waals surface area contributed by atoms with Crippen LogP contribution in [0, 0.1) is 6.92 Å². The Bertz CT molecular complexity index is 626. The van der Waals surface area contributed by atoms with Crippen LogP contribution in [0.5, 0.6) is 5.75 Å². The van der Waals surface area contributed by atoms with Crippen LogP contribution in [0.1, 0.15) is 45.1 Å². The standard InChI is InChI=1S/C16H26N2O3S.ClH/c1-12(2)21-15-7-6-14(10-13(15)3)22(19,20)18-16(11-17)8-4-5-9-16;/h6-7,10,12,18H,4-5,8-9,11,17H2,1-3H3;1H. The van der Waals surface area contributed by atoms with Crippen molar-refractivity contribution in [1.29, 1.82) is 0 Å². The van der Waals surface area contributed by atoms with Crippen molar-refractivity contribution in [3.8, 4) is 5.75 Å². The SMILES string of the molecule is Cc1cc(S(=O)(=O)NC2(CN)CCCC2)ccc1OC(C)C.Cl. The number of hydrogen-bond acceptors (Lipinski definition) is 4. The third kappa shape index (κ3) is 4.83. The monoisotopic (exact) mass is 362 g/mol. The molecule has 0 radical (unpaired) electrons. The molecule has 1 fully saturated rings. The van der Waals surface area contributed by atoms with Gasteiger partial charge in [-0.3, -0.25) is 0 Å². The third-order valence-corrected chi connectivity index (χ3v) is 5.70. The summed E-state index contributed by atoms with van der Waals surface area (Å²) in [5, 5.41) is 0. The largest absolute Gasteiger partial charge is 0.491 e. The van der Waals surface area contributed by atoms with E-state index in [0.717, 1.165) is 31.2 Å². The molecule has 0 heterocycles. The van der Waals surface area contributed by atoms with Crippen LogP contribution in [0.3, 0.4) is 0 Å². The first kappa shape index (κ1) is 20.2. The fourth-order valence-electron chi connectivity index (χ4n) is 2.92. The summed E-state index contributed by atoms with van der Waals surface area (Å²) >= 11 is 0. The van der Waals surface area contributed by atoms with Crippen LogP contribution < -0.4 is 15.2 Å². The summed E-state index contributed by atoms with van der Waals surface area (Å²) < 4.78 is 33.7. The van der Waals surface area contributed by atoms with Gasteiger partial charge in [0.2, 0.25) is 10.0 Å². The summed E-state index contributed by atoms with van der Waals surface area (Å²) in [6.07, 6.45) is 3.69. The first-order valence-electron chi connectivity index (χ1n) is 7.79. The Morgan fingerprint density at radius 1 is 1.30 bits per heavy atom. The van der Waals surface area contributed by atoms with Gasteiger partial charge in [0.1, 0.15) is 5.75 Å². The highest BCUT2D eigenvalue weighted by molar-refractivity contribution is 7.89. The fraction of sp³-hybridized carbons (Fsp3) is 0.625. The molecular formula is C16H27ClN2O3S. The number of sulfonamides is 1. The molecule has 3 N–H and O–H groups in total. The van der Waals surface area contributed by atoms with E-state index in [0.29, 0.717) is 12.3 Å². The molecule has 0 amide bonds. The van der Waals surface area contributed by atoms with Crippen molar-refractivity contribution in [3.63, 3.8) is 0 Å². The molecule has 132 valence electrons. The smallest absolute Gasteiger partial charge is 0.241 e. The van der Waals surface area contributed by atoms with Gasteiger partial charge in [-0.25, -0.2) is 13.1 Å². The zero-order chi connectivity index (χ0) is 16.4. The Kier molecular flexibility index (Phi) is 6.89. The quantitative estimate of drug-likeness (QED) is 0.815. The molecule has 0 spiro atoms. The van der Waals surface area contributed by atoms with E-state index in [1.807, 2.05) is 20.8 Å². The van der Waals surface area contributed by atoms with Gasteiger partial charge < -0.3 is 10.5 Å². The Labute approximate surface area is 145 Å². The second kappa shape index (κ2) is 7.83. The summed E-state index contributed by atoms with van der Waals surface area (Å²) in [4.78, 5) is 0.265. The first-order chi connectivity index (χ1) is 10.3. The molecular weight excluding hydrogens is 336 g/mol.